The summed E-state index contributed by atoms with van der Waals surface area (Å²) in [5, 5.41) is 3.42. The first kappa shape index (κ1) is 25.7. The van der Waals surface area contributed by atoms with E-state index in [1.165, 1.54) is 22.3 Å². The van der Waals surface area contributed by atoms with Crippen molar-refractivity contribution in [3.8, 4) is 11.1 Å². The van der Waals surface area contributed by atoms with Crippen LogP contribution in [0.2, 0.25) is 0 Å². The molecule has 0 atom stereocenters. The summed E-state index contributed by atoms with van der Waals surface area (Å²) in [7, 11) is 0. The predicted octanol–water partition coefficient (Wildman–Crippen LogP) is 3.85. The number of guanidine groups is 1. The number of hydrogen-bond acceptors (Lipinski definition) is 3. The number of carbonyl (C=O) groups is 1. The number of piperazine rings is 1. The largest absolute Gasteiger partial charge is 0.357 e. The topological polar surface area (TPSA) is 65.8 Å². The number of aromatic nitrogens is 2. The first-order valence-corrected chi connectivity index (χ1v) is 11.6. The van der Waals surface area contributed by atoms with E-state index in [0.29, 0.717) is 6.54 Å². The molecule has 2 aromatic carbocycles. The summed E-state index contributed by atoms with van der Waals surface area (Å²) in [5.41, 5.74) is 4.83. The standard InChI is InChI=1S/C26H32N6O.HI/c1-3-28-26(32-16-14-31(15-17-32)21(2)33)29-18-24-6-4-5-7-25(24)23-10-8-22(9-11-23)19-30-13-12-27-20-30;/h4-13,20H,3,14-19H2,1-2H3,(H,28,29);1H. The summed E-state index contributed by atoms with van der Waals surface area (Å²) in [5.74, 6) is 1.05. The summed E-state index contributed by atoms with van der Waals surface area (Å²) < 4.78 is 2.07. The minimum Gasteiger partial charge on any atom is -0.357 e. The molecule has 1 fully saturated rings. The van der Waals surface area contributed by atoms with E-state index in [0.717, 1.165) is 45.2 Å². The molecule has 7 nitrogen and oxygen atoms in total. The van der Waals surface area contributed by atoms with Crippen LogP contribution in [-0.2, 0) is 17.9 Å². The van der Waals surface area contributed by atoms with Gasteiger partial charge in [0.2, 0.25) is 5.91 Å². The fourth-order valence-electron chi connectivity index (χ4n) is 4.14. The molecule has 0 bridgehead atoms. The zero-order valence-corrected chi connectivity index (χ0v) is 22.2. The van der Waals surface area contributed by atoms with Crippen LogP contribution in [0.25, 0.3) is 11.1 Å². The van der Waals surface area contributed by atoms with Crippen molar-refractivity contribution in [2.45, 2.75) is 26.9 Å². The number of hydrogen-bond donors (Lipinski definition) is 1. The predicted molar refractivity (Wildman–Crippen MR) is 147 cm³/mol. The lowest BCUT2D eigenvalue weighted by Crippen LogP contribution is -2.53. The Morgan fingerprint density at radius 1 is 1.03 bits per heavy atom. The van der Waals surface area contributed by atoms with Crippen molar-refractivity contribution >= 4 is 35.8 Å². The maximum atomic E-state index is 11.6. The molecule has 0 radical (unpaired) electrons. The van der Waals surface area contributed by atoms with Crippen LogP contribution in [0, 0.1) is 0 Å². The lowest BCUT2D eigenvalue weighted by molar-refractivity contribution is -0.130. The second-order valence-corrected chi connectivity index (χ2v) is 8.25. The van der Waals surface area contributed by atoms with Gasteiger partial charge in [-0.15, -0.1) is 24.0 Å². The highest BCUT2D eigenvalue weighted by Gasteiger charge is 2.21. The molecule has 180 valence electrons. The van der Waals surface area contributed by atoms with Gasteiger partial charge in [0.05, 0.1) is 12.9 Å². The molecule has 1 aliphatic heterocycles. The molecule has 0 unspecified atom stereocenters. The fraction of sp³-hybridized carbons (Fsp3) is 0.346. The first-order chi connectivity index (χ1) is 16.1. The summed E-state index contributed by atoms with van der Waals surface area (Å²) >= 11 is 0. The van der Waals surface area contributed by atoms with Crippen molar-refractivity contribution in [3.63, 3.8) is 0 Å². The molecule has 1 N–H and O–H groups in total. The maximum Gasteiger partial charge on any atom is 0.219 e. The normalized spacial score (nSPS) is 14.0. The highest BCUT2D eigenvalue weighted by atomic mass is 127. The van der Waals surface area contributed by atoms with E-state index < -0.39 is 0 Å². The molecule has 0 spiro atoms. The van der Waals surface area contributed by atoms with Gasteiger partial charge in [-0.2, -0.15) is 0 Å². The Labute approximate surface area is 218 Å². The van der Waals surface area contributed by atoms with Gasteiger partial charge in [0, 0.05) is 58.6 Å². The number of nitrogens with one attached hydrogen (secondary N) is 1. The van der Waals surface area contributed by atoms with E-state index in [4.69, 9.17) is 4.99 Å². The Balaban J connectivity index is 0.00000324. The number of aliphatic imine (C=N–C) groups is 1. The van der Waals surface area contributed by atoms with Crippen molar-refractivity contribution in [2.75, 3.05) is 32.7 Å². The average molecular weight is 572 g/mol. The minimum absolute atomic E-state index is 0. The molecule has 0 saturated carbocycles. The number of nitrogens with zero attached hydrogens (tertiary/aromatic N) is 5. The van der Waals surface area contributed by atoms with E-state index in [1.807, 2.05) is 17.4 Å². The Kier molecular flexibility index (Phi) is 9.50. The Morgan fingerprint density at radius 2 is 1.74 bits per heavy atom. The SMILES string of the molecule is CCNC(=NCc1ccccc1-c1ccc(Cn2ccnc2)cc1)N1CCN(C(C)=O)CC1.I. The highest BCUT2D eigenvalue weighted by Crippen LogP contribution is 2.25. The third kappa shape index (κ3) is 6.59. The van der Waals surface area contributed by atoms with Crippen LogP contribution in [0.4, 0.5) is 0 Å². The molecule has 4 rings (SSSR count). The van der Waals surface area contributed by atoms with Crippen molar-refractivity contribution in [1.29, 1.82) is 0 Å². The Morgan fingerprint density at radius 3 is 2.38 bits per heavy atom. The molecule has 1 amide bonds. The lowest BCUT2D eigenvalue weighted by Gasteiger charge is -2.36. The molecular weight excluding hydrogens is 539 g/mol. The van der Waals surface area contributed by atoms with Gasteiger partial charge in [-0.05, 0) is 29.2 Å². The molecule has 1 aliphatic rings. The number of rotatable bonds is 6. The second kappa shape index (κ2) is 12.5. The lowest BCUT2D eigenvalue weighted by atomic mass is 9.98. The van der Waals surface area contributed by atoms with Crippen molar-refractivity contribution in [1.82, 2.24) is 24.7 Å². The van der Waals surface area contributed by atoms with Gasteiger partial charge in [-0.25, -0.2) is 9.98 Å². The van der Waals surface area contributed by atoms with E-state index in [2.05, 4.69) is 75.2 Å². The van der Waals surface area contributed by atoms with Gasteiger partial charge in [0.1, 0.15) is 0 Å². The van der Waals surface area contributed by atoms with E-state index >= 15 is 0 Å². The number of amides is 1. The van der Waals surface area contributed by atoms with Gasteiger partial charge in [-0.1, -0.05) is 48.5 Å². The third-order valence-electron chi connectivity index (χ3n) is 5.97. The molecule has 8 heteroatoms. The zero-order chi connectivity index (χ0) is 23.0. The summed E-state index contributed by atoms with van der Waals surface area (Å²) in [4.78, 5) is 24.8. The second-order valence-electron chi connectivity index (χ2n) is 8.25. The van der Waals surface area contributed by atoms with Gasteiger partial charge < -0.3 is 19.7 Å². The first-order valence-electron chi connectivity index (χ1n) is 11.6. The van der Waals surface area contributed by atoms with Gasteiger partial charge in [0.15, 0.2) is 5.96 Å². The van der Waals surface area contributed by atoms with Crippen molar-refractivity contribution in [3.05, 3.63) is 78.4 Å². The van der Waals surface area contributed by atoms with E-state index in [9.17, 15) is 4.79 Å². The van der Waals surface area contributed by atoms with Crippen molar-refractivity contribution in [2.24, 2.45) is 4.99 Å². The molecule has 1 aromatic heterocycles. The smallest absolute Gasteiger partial charge is 0.219 e. The Hall–Kier alpha value is -2.88. The fourth-order valence-corrected chi connectivity index (χ4v) is 4.14. The van der Waals surface area contributed by atoms with E-state index in [1.54, 1.807) is 13.1 Å². The summed E-state index contributed by atoms with van der Waals surface area (Å²) in [6.45, 7) is 9.01. The molecule has 34 heavy (non-hydrogen) atoms. The molecule has 3 aromatic rings. The summed E-state index contributed by atoms with van der Waals surface area (Å²) in [6, 6.07) is 17.2. The molecular formula is C26H33IN6O. The van der Waals surface area contributed by atoms with Gasteiger partial charge >= 0.3 is 0 Å². The van der Waals surface area contributed by atoms with Crippen LogP contribution < -0.4 is 5.32 Å². The number of carbonyl (C=O) groups excluding carboxylic acids is 1. The number of imidazole rings is 1. The van der Waals surface area contributed by atoms with Crippen LogP contribution >= 0.6 is 24.0 Å². The van der Waals surface area contributed by atoms with Crippen molar-refractivity contribution < 1.29 is 4.79 Å². The molecule has 2 heterocycles. The number of halogens is 1. The van der Waals surface area contributed by atoms with Crippen LogP contribution in [0.5, 0.6) is 0 Å². The molecule has 1 saturated heterocycles. The maximum absolute atomic E-state index is 11.6. The van der Waals surface area contributed by atoms with Gasteiger partial charge in [0.25, 0.3) is 0 Å². The zero-order valence-electron chi connectivity index (χ0n) is 19.9. The average Bonchev–Trinajstić information content (AvgIpc) is 3.36. The van der Waals surface area contributed by atoms with Crippen LogP contribution in [0.1, 0.15) is 25.0 Å². The van der Waals surface area contributed by atoms with Crippen LogP contribution in [0.3, 0.4) is 0 Å². The quantitative estimate of drug-likeness (QED) is 0.277. The van der Waals surface area contributed by atoms with E-state index in [-0.39, 0.29) is 29.9 Å². The Bertz CT molecular complexity index is 1070. The van der Waals surface area contributed by atoms with Crippen LogP contribution in [-0.4, -0.2) is 63.9 Å². The van der Waals surface area contributed by atoms with Crippen LogP contribution in [0.15, 0.2) is 72.2 Å². The number of benzene rings is 2. The highest BCUT2D eigenvalue weighted by molar-refractivity contribution is 14.0. The summed E-state index contributed by atoms with van der Waals surface area (Å²) in [6.07, 6.45) is 5.61. The minimum atomic E-state index is 0. The monoisotopic (exact) mass is 572 g/mol. The molecule has 0 aliphatic carbocycles. The third-order valence-corrected chi connectivity index (χ3v) is 5.97. The van der Waals surface area contributed by atoms with Gasteiger partial charge in [-0.3, -0.25) is 4.79 Å².